The van der Waals surface area contributed by atoms with Gasteiger partial charge >= 0.3 is 0 Å². The summed E-state index contributed by atoms with van der Waals surface area (Å²) in [6, 6.07) is 25.5. The number of hydrogen-bond acceptors (Lipinski definition) is 2. The summed E-state index contributed by atoms with van der Waals surface area (Å²) in [5.74, 6) is 7.20. The Morgan fingerprint density at radius 2 is 1.58 bits per heavy atom. The standard InChI is InChI=1S/C24H20O2/c1-26-22-17-15-21(16-18-22)24(25)14-8-6-12-20-11-5-7-13-23(20)19-9-3-2-4-10-19/h2-5,7,9-11,13,15-18H,8,14H2,1H3. The highest BCUT2D eigenvalue weighted by atomic mass is 16.5. The first-order chi connectivity index (χ1) is 12.8. The van der Waals surface area contributed by atoms with Gasteiger partial charge in [0.25, 0.3) is 0 Å². The van der Waals surface area contributed by atoms with Crippen molar-refractivity contribution in [1.29, 1.82) is 0 Å². The van der Waals surface area contributed by atoms with Gasteiger partial charge in [-0.2, -0.15) is 0 Å². The van der Waals surface area contributed by atoms with E-state index in [1.165, 1.54) is 0 Å². The molecule has 0 saturated heterocycles. The molecule has 0 N–H and O–H groups in total. The van der Waals surface area contributed by atoms with Crippen molar-refractivity contribution < 1.29 is 9.53 Å². The zero-order valence-electron chi connectivity index (χ0n) is 14.7. The monoisotopic (exact) mass is 340 g/mol. The Kier molecular flexibility index (Phi) is 5.85. The summed E-state index contributed by atoms with van der Waals surface area (Å²) in [6.07, 6.45) is 0.945. The summed E-state index contributed by atoms with van der Waals surface area (Å²) < 4.78 is 5.11. The first kappa shape index (κ1) is 17.5. The second kappa shape index (κ2) is 8.69. The molecule has 3 aromatic rings. The number of carbonyl (C=O) groups excluding carboxylic acids is 1. The fourth-order valence-corrected chi connectivity index (χ4v) is 2.72. The highest BCUT2D eigenvalue weighted by molar-refractivity contribution is 5.96. The Bertz CT molecular complexity index is 929. The second-order valence-corrected chi connectivity index (χ2v) is 5.87. The Morgan fingerprint density at radius 3 is 2.31 bits per heavy atom. The lowest BCUT2D eigenvalue weighted by Gasteiger charge is -2.04. The number of methoxy groups -OCH3 is 1. The number of rotatable bonds is 5. The summed E-state index contributed by atoms with van der Waals surface area (Å²) in [4.78, 5) is 12.2. The maximum Gasteiger partial charge on any atom is 0.163 e. The molecule has 0 aromatic heterocycles. The molecular weight excluding hydrogens is 320 g/mol. The van der Waals surface area contributed by atoms with Crippen LogP contribution in [0.5, 0.6) is 5.75 Å². The highest BCUT2D eigenvalue weighted by Crippen LogP contribution is 2.22. The predicted molar refractivity (Wildman–Crippen MR) is 105 cm³/mol. The van der Waals surface area contributed by atoms with E-state index in [0.717, 1.165) is 22.4 Å². The molecule has 3 rings (SSSR count). The molecule has 26 heavy (non-hydrogen) atoms. The van der Waals surface area contributed by atoms with Gasteiger partial charge in [-0.1, -0.05) is 60.4 Å². The van der Waals surface area contributed by atoms with Crippen LogP contribution in [0.15, 0.2) is 78.9 Å². The van der Waals surface area contributed by atoms with Gasteiger partial charge in [0.2, 0.25) is 0 Å². The molecule has 0 spiro atoms. The smallest absolute Gasteiger partial charge is 0.163 e. The van der Waals surface area contributed by atoms with Gasteiger partial charge < -0.3 is 4.74 Å². The van der Waals surface area contributed by atoms with Crippen LogP contribution in [0, 0.1) is 11.8 Å². The molecule has 2 heteroatoms. The minimum Gasteiger partial charge on any atom is -0.497 e. The lowest BCUT2D eigenvalue weighted by Crippen LogP contribution is -1.98. The first-order valence-electron chi connectivity index (χ1n) is 8.58. The number of ketones is 1. The van der Waals surface area contributed by atoms with Gasteiger partial charge in [0.05, 0.1) is 7.11 Å². The summed E-state index contributed by atoms with van der Waals surface area (Å²) in [5.41, 5.74) is 3.93. The van der Waals surface area contributed by atoms with Crippen molar-refractivity contribution in [2.75, 3.05) is 7.11 Å². The van der Waals surface area contributed by atoms with Crippen LogP contribution >= 0.6 is 0 Å². The topological polar surface area (TPSA) is 26.3 Å². The maximum absolute atomic E-state index is 12.2. The van der Waals surface area contributed by atoms with Gasteiger partial charge in [0, 0.05) is 24.0 Å². The average molecular weight is 340 g/mol. The quantitative estimate of drug-likeness (QED) is 0.460. The van der Waals surface area contributed by atoms with Crippen LogP contribution in [0.4, 0.5) is 0 Å². The molecule has 0 aliphatic rings. The third kappa shape index (κ3) is 4.40. The zero-order chi connectivity index (χ0) is 18.2. The van der Waals surface area contributed by atoms with Crippen LogP contribution in [-0.2, 0) is 0 Å². The van der Waals surface area contributed by atoms with E-state index in [1.807, 2.05) is 36.4 Å². The molecular formula is C24H20O2. The average Bonchev–Trinajstić information content (AvgIpc) is 2.72. The van der Waals surface area contributed by atoms with Crippen molar-refractivity contribution in [3.63, 3.8) is 0 Å². The van der Waals surface area contributed by atoms with Crippen LogP contribution in [0.3, 0.4) is 0 Å². The summed E-state index contributed by atoms with van der Waals surface area (Å²) >= 11 is 0. The molecule has 0 aliphatic carbocycles. The molecule has 0 atom stereocenters. The maximum atomic E-state index is 12.2. The van der Waals surface area contributed by atoms with Crippen LogP contribution in [0.2, 0.25) is 0 Å². The number of benzene rings is 3. The van der Waals surface area contributed by atoms with Crippen molar-refractivity contribution in [3.8, 4) is 28.7 Å². The highest BCUT2D eigenvalue weighted by Gasteiger charge is 2.05. The molecule has 0 saturated carbocycles. The van der Waals surface area contributed by atoms with Gasteiger partial charge in [0.1, 0.15) is 5.75 Å². The SMILES string of the molecule is COc1ccc(C(=O)CCC#Cc2ccccc2-c2ccccc2)cc1. The number of carbonyl (C=O) groups is 1. The zero-order valence-corrected chi connectivity index (χ0v) is 14.7. The molecule has 2 nitrogen and oxygen atoms in total. The predicted octanol–water partition coefficient (Wildman–Crippen LogP) is 5.38. The number of hydrogen-bond donors (Lipinski definition) is 0. The third-order valence-electron chi connectivity index (χ3n) is 4.12. The van der Waals surface area contributed by atoms with E-state index in [1.54, 1.807) is 31.4 Å². The Morgan fingerprint density at radius 1 is 0.885 bits per heavy atom. The molecule has 3 aromatic carbocycles. The summed E-state index contributed by atoms with van der Waals surface area (Å²) in [7, 11) is 1.61. The number of ether oxygens (including phenoxy) is 1. The fraction of sp³-hybridized carbons (Fsp3) is 0.125. The molecule has 0 bridgehead atoms. The van der Waals surface area contributed by atoms with Gasteiger partial charge in [-0.3, -0.25) is 4.79 Å². The van der Waals surface area contributed by atoms with E-state index in [-0.39, 0.29) is 5.78 Å². The number of Topliss-reactive ketones (excluding diaryl/α,β-unsaturated/α-hetero) is 1. The van der Waals surface area contributed by atoms with E-state index < -0.39 is 0 Å². The fourth-order valence-electron chi connectivity index (χ4n) is 2.72. The van der Waals surface area contributed by atoms with Crippen LogP contribution < -0.4 is 4.74 Å². The van der Waals surface area contributed by atoms with Crippen molar-refractivity contribution >= 4 is 5.78 Å². The van der Waals surface area contributed by atoms with Crippen LogP contribution in [0.1, 0.15) is 28.8 Å². The molecule has 128 valence electrons. The van der Waals surface area contributed by atoms with E-state index in [0.29, 0.717) is 18.4 Å². The lowest BCUT2D eigenvalue weighted by atomic mass is 10.00. The minimum atomic E-state index is 0.0956. The minimum absolute atomic E-state index is 0.0956. The van der Waals surface area contributed by atoms with Gasteiger partial charge in [0.15, 0.2) is 5.78 Å². The van der Waals surface area contributed by atoms with Gasteiger partial charge in [-0.05, 0) is 41.5 Å². The molecule has 0 amide bonds. The van der Waals surface area contributed by atoms with E-state index >= 15 is 0 Å². The first-order valence-corrected chi connectivity index (χ1v) is 8.58. The van der Waals surface area contributed by atoms with Gasteiger partial charge in [-0.15, -0.1) is 0 Å². The van der Waals surface area contributed by atoms with Crippen molar-refractivity contribution in [2.45, 2.75) is 12.8 Å². The molecule has 0 aliphatic heterocycles. The Hall–Kier alpha value is -3.31. The van der Waals surface area contributed by atoms with Crippen molar-refractivity contribution in [3.05, 3.63) is 90.0 Å². The van der Waals surface area contributed by atoms with Crippen LogP contribution in [-0.4, -0.2) is 12.9 Å². The Balaban J connectivity index is 1.66. The van der Waals surface area contributed by atoms with Crippen LogP contribution in [0.25, 0.3) is 11.1 Å². The van der Waals surface area contributed by atoms with Crippen molar-refractivity contribution in [2.24, 2.45) is 0 Å². The van der Waals surface area contributed by atoms with E-state index in [2.05, 4.69) is 30.0 Å². The second-order valence-electron chi connectivity index (χ2n) is 5.87. The molecule has 0 fully saturated rings. The third-order valence-corrected chi connectivity index (χ3v) is 4.12. The molecule has 0 unspecified atom stereocenters. The van der Waals surface area contributed by atoms with E-state index in [4.69, 9.17) is 4.74 Å². The lowest BCUT2D eigenvalue weighted by molar-refractivity contribution is 0.0984. The Labute approximate surface area is 154 Å². The van der Waals surface area contributed by atoms with Gasteiger partial charge in [-0.25, -0.2) is 0 Å². The summed E-state index contributed by atoms with van der Waals surface area (Å²) in [6.45, 7) is 0. The summed E-state index contributed by atoms with van der Waals surface area (Å²) in [5, 5.41) is 0. The van der Waals surface area contributed by atoms with E-state index in [9.17, 15) is 4.79 Å². The van der Waals surface area contributed by atoms with Crippen molar-refractivity contribution in [1.82, 2.24) is 0 Å². The normalized spacial score (nSPS) is 9.88. The largest absolute Gasteiger partial charge is 0.497 e. The molecule has 0 radical (unpaired) electrons. The molecule has 0 heterocycles.